The molecule has 0 unspecified atom stereocenters. The summed E-state index contributed by atoms with van der Waals surface area (Å²) in [6.07, 6.45) is 0. The molecule has 0 heterocycles. The molecule has 0 atom stereocenters. The Bertz CT molecular complexity index is 83.0. The van der Waals surface area contributed by atoms with Crippen molar-refractivity contribution in [2.45, 2.75) is 13.8 Å². The summed E-state index contributed by atoms with van der Waals surface area (Å²) in [6.45, 7) is 5.42. The van der Waals surface area contributed by atoms with Crippen molar-refractivity contribution in [1.29, 1.82) is 0 Å². The minimum absolute atomic E-state index is 0. The SMILES string of the molecule is CC(=O)O.CC(=O)O.[CH-]=O.[Pd]. The Morgan fingerprint density at radius 3 is 1.00 bits per heavy atom. The average Bonchev–Trinajstić information content (AvgIpc) is 1.66. The van der Waals surface area contributed by atoms with Gasteiger partial charge in [0.1, 0.15) is 0 Å². The average molecular weight is 256 g/mol. The molecule has 11 heavy (non-hydrogen) atoms. The summed E-state index contributed by atoms with van der Waals surface area (Å²) in [5, 5.41) is 14.8. The molecule has 2 N–H and O–H groups in total. The fourth-order valence-electron chi connectivity index (χ4n) is 0. The fourth-order valence-corrected chi connectivity index (χ4v) is 0. The van der Waals surface area contributed by atoms with E-state index in [1.165, 1.54) is 0 Å². The van der Waals surface area contributed by atoms with Crippen molar-refractivity contribution in [2.24, 2.45) is 0 Å². The zero-order chi connectivity index (χ0) is 9.15. The van der Waals surface area contributed by atoms with E-state index in [-0.39, 0.29) is 20.4 Å². The Hall–Kier alpha value is -0.728. The van der Waals surface area contributed by atoms with E-state index >= 15 is 0 Å². The second-order valence-electron chi connectivity index (χ2n) is 1.04. The number of hydrogen-bond acceptors (Lipinski definition) is 3. The van der Waals surface area contributed by atoms with Crippen molar-refractivity contribution in [3.05, 3.63) is 0 Å². The van der Waals surface area contributed by atoms with Gasteiger partial charge in [0.15, 0.2) is 0 Å². The quantitative estimate of drug-likeness (QED) is 0.358. The number of rotatable bonds is 0. The third kappa shape index (κ3) is 926. The first-order valence-electron chi connectivity index (χ1n) is 2.09. The number of carbonyl (C=O) groups is 2. The first-order chi connectivity index (χ1) is 4.46. The van der Waals surface area contributed by atoms with Gasteiger partial charge in [-0.1, -0.05) is 0 Å². The molecule has 0 aromatic carbocycles. The molecule has 0 amide bonds. The summed E-state index contributed by atoms with van der Waals surface area (Å²) in [4.78, 5) is 25.8. The Balaban J connectivity index is -0.0000000339. The van der Waals surface area contributed by atoms with Crippen molar-refractivity contribution in [3.63, 3.8) is 0 Å². The Kier molecular flexibility index (Phi) is 46.6. The van der Waals surface area contributed by atoms with Gasteiger partial charge in [-0.15, -0.1) is 0 Å². The fraction of sp³-hybridized carbons (Fsp3) is 0.400. The Morgan fingerprint density at radius 1 is 1.00 bits per heavy atom. The Morgan fingerprint density at radius 2 is 1.00 bits per heavy atom. The minimum atomic E-state index is -0.833. The van der Waals surface area contributed by atoms with Gasteiger partial charge < -0.3 is 15.0 Å². The molecule has 0 aliphatic heterocycles. The summed E-state index contributed by atoms with van der Waals surface area (Å²) >= 11 is 0. The number of carboxylic acid groups (broad SMARTS) is 2. The van der Waals surface area contributed by atoms with Crippen LogP contribution in [-0.2, 0) is 34.8 Å². The number of aliphatic carboxylic acids is 2. The van der Waals surface area contributed by atoms with Crippen molar-refractivity contribution >= 4 is 18.7 Å². The molecule has 0 rings (SSSR count). The molecule has 0 aromatic rings. The molecule has 6 heteroatoms. The second-order valence-corrected chi connectivity index (χ2v) is 1.04. The van der Waals surface area contributed by atoms with Gasteiger partial charge in [-0.25, -0.2) is 0 Å². The third-order valence-corrected chi connectivity index (χ3v) is 0. The van der Waals surface area contributed by atoms with Crippen LogP contribution in [0.2, 0.25) is 0 Å². The molecule has 0 bridgehead atoms. The largest absolute Gasteiger partial charge is 0.545 e. The maximum Gasteiger partial charge on any atom is 0.300 e. The van der Waals surface area contributed by atoms with Crippen molar-refractivity contribution in [3.8, 4) is 0 Å². The smallest absolute Gasteiger partial charge is 0.300 e. The van der Waals surface area contributed by atoms with Gasteiger partial charge in [0.05, 0.1) is 0 Å². The van der Waals surface area contributed by atoms with Crippen LogP contribution < -0.4 is 0 Å². The van der Waals surface area contributed by atoms with Crippen LogP contribution in [0.3, 0.4) is 0 Å². The zero-order valence-electron chi connectivity index (χ0n) is 6.01. The summed E-state index contributed by atoms with van der Waals surface area (Å²) < 4.78 is 0. The molecule has 0 radical (unpaired) electrons. The second kappa shape index (κ2) is 22.8. The first kappa shape index (κ1) is 22.4. The van der Waals surface area contributed by atoms with E-state index in [2.05, 4.69) is 6.79 Å². The van der Waals surface area contributed by atoms with Gasteiger partial charge in [-0.3, -0.25) is 16.4 Å². The van der Waals surface area contributed by atoms with Crippen LogP contribution in [-0.4, -0.2) is 28.9 Å². The van der Waals surface area contributed by atoms with Gasteiger partial charge in [0, 0.05) is 34.3 Å². The van der Waals surface area contributed by atoms with Crippen LogP contribution in [0.4, 0.5) is 0 Å². The summed E-state index contributed by atoms with van der Waals surface area (Å²) in [5.41, 5.74) is 0. The van der Waals surface area contributed by atoms with E-state index in [4.69, 9.17) is 24.6 Å². The molecular weight excluding hydrogens is 246 g/mol. The normalized spacial score (nSPS) is 4.91. The van der Waals surface area contributed by atoms with Crippen LogP contribution in [0.25, 0.3) is 0 Å². The van der Waals surface area contributed by atoms with Gasteiger partial charge in [-0.2, -0.15) is 0 Å². The minimum Gasteiger partial charge on any atom is -0.545 e. The molecule has 0 spiro atoms. The number of carbonyl (C=O) groups excluding carboxylic acids is 1. The molecule has 0 aliphatic carbocycles. The van der Waals surface area contributed by atoms with E-state index in [0.29, 0.717) is 0 Å². The summed E-state index contributed by atoms with van der Waals surface area (Å²) in [5.74, 6) is -1.67. The standard InChI is InChI=1S/2C2H4O2.CHO.Pd/c2*1-2(3)4;1-2;/h2*1H3,(H,3,4);1H;/q;;-1;. The molecule has 0 aromatic heterocycles. The van der Waals surface area contributed by atoms with E-state index in [0.717, 1.165) is 13.8 Å². The van der Waals surface area contributed by atoms with Gasteiger partial charge >= 0.3 is 0 Å². The molecule has 0 fully saturated rings. The van der Waals surface area contributed by atoms with E-state index < -0.39 is 11.9 Å². The number of hydrogen-bond donors (Lipinski definition) is 2. The maximum atomic E-state index is 9.00. The summed E-state index contributed by atoms with van der Waals surface area (Å²) in [7, 11) is 0. The van der Waals surface area contributed by atoms with E-state index in [1.54, 1.807) is 0 Å². The first-order valence-corrected chi connectivity index (χ1v) is 2.09. The Labute approximate surface area is 78.1 Å². The maximum absolute atomic E-state index is 9.00. The number of carboxylic acids is 2. The molecule has 0 saturated carbocycles. The van der Waals surface area contributed by atoms with Crippen molar-refractivity contribution < 1.29 is 45.0 Å². The monoisotopic (exact) mass is 255 g/mol. The van der Waals surface area contributed by atoms with Crippen LogP contribution >= 0.6 is 0 Å². The predicted molar refractivity (Wildman–Crippen MR) is 33.4 cm³/mol. The van der Waals surface area contributed by atoms with Crippen LogP contribution in [0.5, 0.6) is 0 Å². The van der Waals surface area contributed by atoms with Gasteiger partial charge in [-0.05, 0) is 0 Å². The third-order valence-electron chi connectivity index (χ3n) is 0. The van der Waals surface area contributed by atoms with Gasteiger partial charge in [0.25, 0.3) is 11.9 Å². The van der Waals surface area contributed by atoms with E-state index in [9.17, 15) is 0 Å². The van der Waals surface area contributed by atoms with Crippen molar-refractivity contribution in [2.75, 3.05) is 0 Å². The molecular formula is C5H9O5Pd-. The van der Waals surface area contributed by atoms with Crippen molar-refractivity contribution in [1.82, 2.24) is 0 Å². The van der Waals surface area contributed by atoms with Gasteiger partial charge in [0.2, 0.25) is 0 Å². The molecule has 0 saturated heterocycles. The molecule has 70 valence electrons. The predicted octanol–water partition coefficient (Wildman–Crippen LogP) is -0.0948. The topological polar surface area (TPSA) is 91.7 Å². The van der Waals surface area contributed by atoms with Crippen LogP contribution in [0.15, 0.2) is 0 Å². The van der Waals surface area contributed by atoms with Crippen LogP contribution in [0, 0.1) is 0 Å². The summed E-state index contributed by atoms with van der Waals surface area (Å²) in [6, 6.07) is 0. The molecule has 5 nitrogen and oxygen atoms in total. The van der Waals surface area contributed by atoms with E-state index in [1.807, 2.05) is 0 Å². The molecule has 0 aliphatic rings. The van der Waals surface area contributed by atoms with Crippen LogP contribution in [0.1, 0.15) is 13.8 Å². The zero-order valence-corrected chi connectivity index (χ0v) is 7.57.